The van der Waals surface area contributed by atoms with Crippen LogP contribution in [0.3, 0.4) is 0 Å². The van der Waals surface area contributed by atoms with Crippen LogP contribution in [0, 0.1) is 0 Å². The molecule has 2 aromatic carbocycles. The van der Waals surface area contributed by atoms with Crippen molar-refractivity contribution in [1.29, 1.82) is 0 Å². The first-order valence-electron chi connectivity index (χ1n) is 7.51. The van der Waals surface area contributed by atoms with Crippen LogP contribution in [0.1, 0.15) is 12.5 Å². The van der Waals surface area contributed by atoms with Crippen molar-refractivity contribution >= 4 is 40.1 Å². The summed E-state index contributed by atoms with van der Waals surface area (Å²) in [6, 6.07) is 18.1. The van der Waals surface area contributed by atoms with Crippen LogP contribution in [-0.4, -0.2) is 15.9 Å². The molecule has 116 valence electrons. The highest BCUT2D eigenvalue weighted by atomic mass is 32.1. The number of fused-ring (bicyclic) bond motifs is 1. The van der Waals surface area contributed by atoms with Gasteiger partial charge >= 0.3 is 0 Å². The van der Waals surface area contributed by atoms with Gasteiger partial charge in [0.2, 0.25) is 0 Å². The lowest BCUT2D eigenvalue weighted by Crippen LogP contribution is -2.23. The lowest BCUT2D eigenvalue weighted by atomic mass is 10.2. The summed E-state index contributed by atoms with van der Waals surface area (Å²) in [5.41, 5.74) is 6.06. The summed E-state index contributed by atoms with van der Waals surface area (Å²) in [5.74, 6) is 0. The van der Waals surface area contributed by atoms with Crippen LogP contribution >= 0.6 is 12.2 Å². The van der Waals surface area contributed by atoms with Crippen molar-refractivity contribution in [2.45, 2.75) is 13.5 Å². The molecule has 1 heterocycles. The largest absolute Gasteiger partial charge is 0.347 e. The second-order valence-electron chi connectivity index (χ2n) is 5.08. The Morgan fingerprint density at radius 1 is 1.13 bits per heavy atom. The molecule has 0 fully saturated rings. The third-order valence-corrected chi connectivity index (χ3v) is 3.75. The van der Waals surface area contributed by atoms with Crippen molar-refractivity contribution < 1.29 is 0 Å². The van der Waals surface area contributed by atoms with Gasteiger partial charge < -0.3 is 9.88 Å². The summed E-state index contributed by atoms with van der Waals surface area (Å²) in [6.07, 6.45) is 3.90. The minimum Gasteiger partial charge on any atom is -0.347 e. The smallest absolute Gasteiger partial charge is 0.191 e. The van der Waals surface area contributed by atoms with Crippen LogP contribution in [0.4, 0.5) is 5.69 Å². The van der Waals surface area contributed by atoms with E-state index >= 15 is 0 Å². The Hall–Kier alpha value is -2.66. The van der Waals surface area contributed by atoms with Crippen LogP contribution in [0.2, 0.25) is 0 Å². The second kappa shape index (κ2) is 7.07. The third kappa shape index (κ3) is 3.57. The number of aromatic nitrogens is 1. The molecule has 0 amide bonds. The van der Waals surface area contributed by atoms with E-state index in [9.17, 15) is 0 Å². The molecule has 23 heavy (non-hydrogen) atoms. The van der Waals surface area contributed by atoms with E-state index in [0.717, 1.165) is 17.8 Å². The molecular weight excluding hydrogens is 304 g/mol. The van der Waals surface area contributed by atoms with Gasteiger partial charge in [0.05, 0.1) is 6.21 Å². The van der Waals surface area contributed by atoms with E-state index in [1.807, 2.05) is 42.5 Å². The molecule has 1 aromatic heterocycles. The summed E-state index contributed by atoms with van der Waals surface area (Å²) < 4.78 is 2.21. The Morgan fingerprint density at radius 2 is 1.87 bits per heavy atom. The van der Waals surface area contributed by atoms with Crippen molar-refractivity contribution in [2.24, 2.45) is 5.10 Å². The van der Waals surface area contributed by atoms with Gasteiger partial charge in [0.25, 0.3) is 0 Å². The summed E-state index contributed by atoms with van der Waals surface area (Å²) in [7, 11) is 0. The average molecular weight is 322 g/mol. The van der Waals surface area contributed by atoms with Crippen molar-refractivity contribution in [3.63, 3.8) is 0 Å². The lowest BCUT2D eigenvalue weighted by molar-refractivity contribution is 0.797. The Bertz CT molecular complexity index is 837. The number of nitrogens with one attached hydrogen (secondary N) is 2. The molecule has 3 rings (SSSR count). The van der Waals surface area contributed by atoms with Gasteiger partial charge in [0.1, 0.15) is 0 Å². The molecule has 0 saturated heterocycles. The highest BCUT2D eigenvalue weighted by Gasteiger charge is 2.04. The number of hydrogen-bond donors (Lipinski definition) is 2. The number of nitrogens with zero attached hydrogens (tertiary/aromatic N) is 2. The van der Waals surface area contributed by atoms with Crippen LogP contribution in [-0.2, 0) is 6.54 Å². The molecule has 0 spiro atoms. The second-order valence-corrected chi connectivity index (χ2v) is 5.49. The van der Waals surface area contributed by atoms with E-state index in [1.165, 1.54) is 10.9 Å². The van der Waals surface area contributed by atoms with Gasteiger partial charge in [-0.05, 0) is 37.3 Å². The highest BCUT2D eigenvalue weighted by molar-refractivity contribution is 7.80. The van der Waals surface area contributed by atoms with E-state index in [0.29, 0.717) is 5.11 Å². The lowest BCUT2D eigenvalue weighted by Gasteiger charge is -2.05. The Morgan fingerprint density at radius 3 is 2.65 bits per heavy atom. The van der Waals surface area contributed by atoms with E-state index in [1.54, 1.807) is 6.21 Å². The molecule has 5 heteroatoms. The summed E-state index contributed by atoms with van der Waals surface area (Å²) in [4.78, 5) is 0. The maximum absolute atomic E-state index is 5.23. The van der Waals surface area contributed by atoms with Crippen molar-refractivity contribution in [3.05, 3.63) is 66.4 Å². The summed E-state index contributed by atoms with van der Waals surface area (Å²) >= 11 is 5.23. The number of para-hydroxylation sites is 2. The zero-order valence-corrected chi connectivity index (χ0v) is 13.7. The molecule has 0 aliphatic heterocycles. The first-order chi connectivity index (χ1) is 11.3. The molecule has 0 atom stereocenters. The molecule has 2 N–H and O–H groups in total. The average Bonchev–Trinajstić information content (AvgIpc) is 2.94. The normalized spacial score (nSPS) is 11.0. The monoisotopic (exact) mass is 322 g/mol. The Kier molecular flexibility index (Phi) is 4.68. The van der Waals surface area contributed by atoms with Crippen molar-refractivity contribution in [1.82, 2.24) is 9.99 Å². The molecule has 0 unspecified atom stereocenters. The maximum Gasteiger partial charge on any atom is 0.191 e. The van der Waals surface area contributed by atoms with Gasteiger partial charge in [-0.25, -0.2) is 0 Å². The fraction of sp³-hybridized carbons (Fsp3) is 0.111. The zero-order chi connectivity index (χ0) is 16.1. The first kappa shape index (κ1) is 15.2. The fourth-order valence-electron chi connectivity index (χ4n) is 2.48. The van der Waals surface area contributed by atoms with Crippen molar-refractivity contribution in [3.8, 4) is 0 Å². The minimum absolute atomic E-state index is 0.465. The Labute approximate surface area is 140 Å². The SMILES string of the molecule is CCn1cc(C=NNC(=S)Nc2ccccc2)c2ccccc21. The summed E-state index contributed by atoms with van der Waals surface area (Å²) in [6.45, 7) is 3.06. The molecule has 0 saturated carbocycles. The van der Waals surface area contributed by atoms with Crippen LogP contribution in [0.25, 0.3) is 10.9 Å². The van der Waals surface area contributed by atoms with Gasteiger partial charge in [-0.15, -0.1) is 0 Å². The van der Waals surface area contributed by atoms with E-state index < -0.39 is 0 Å². The number of anilines is 1. The van der Waals surface area contributed by atoms with E-state index in [4.69, 9.17) is 12.2 Å². The number of hydrazone groups is 1. The zero-order valence-electron chi connectivity index (χ0n) is 12.9. The first-order valence-corrected chi connectivity index (χ1v) is 7.91. The van der Waals surface area contributed by atoms with Crippen molar-refractivity contribution in [2.75, 3.05) is 5.32 Å². The topological polar surface area (TPSA) is 41.4 Å². The number of rotatable bonds is 4. The molecule has 0 radical (unpaired) electrons. The standard InChI is InChI=1S/C18H18N4S/c1-2-22-13-14(16-10-6-7-11-17(16)22)12-19-21-18(23)20-15-8-4-3-5-9-15/h3-13H,2H2,1H3,(H2,20,21,23). The van der Waals surface area contributed by atoms with Gasteiger partial charge in [-0.3, -0.25) is 5.43 Å². The number of thiocarbonyl (C=S) groups is 1. The summed E-state index contributed by atoms with van der Waals surface area (Å²) in [5, 5.41) is 8.97. The van der Waals surface area contributed by atoms with Gasteiger partial charge in [0.15, 0.2) is 5.11 Å². The molecule has 0 aliphatic rings. The van der Waals surface area contributed by atoms with Gasteiger partial charge in [-0.2, -0.15) is 5.10 Å². The molecule has 0 bridgehead atoms. The van der Waals surface area contributed by atoms with Gasteiger partial charge in [0, 0.05) is 34.9 Å². The van der Waals surface area contributed by atoms with Gasteiger partial charge in [-0.1, -0.05) is 36.4 Å². The molecule has 0 aliphatic carbocycles. The maximum atomic E-state index is 5.23. The molecule has 4 nitrogen and oxygen atoms in total. The van der Waals surface area contributed by atoms with Crippen LogP contribution in [0.15, 0.2) is 65.9 Å². The minimum atomic E-state index is 0.465. The van der Waals surface area contributed by atoms with Crippen LogP contribution < -0.4 is 10.7 Å². The fourth-order valence-corrected chi connectivity index (χ4v) is 2.65. The van der Waals surface area contributed by atoms with E-state index in [-0.39, 0.29) is 0 Å². The third-order valence-electron chi connectivity index (χ3n) is 3.56. The van der Waals surface area contributed by atoms with Crippen LogP contribution in [0.5, 0.6) is 0 Å². The van der Waals surface area contributed by atoms with E-state index in [2.05, 4.69) is 45.7 Å². The molecular formula is C18H18N4S. The number of hydrogen-bond acceptors (Lipinski definition) is 2. The molecule has 3 aromatic rings. The highest BCUT2D eigenvalue weighted by Crippen LogP contribution is 2.19. The number of aryl methyl sites for hydroxylation is 1. The predicted octanol–water partition coefficient (Wildman–Crippen LogP) is 3.98. The Balaban J connectivity index is 1.70. The quantitative estimate of drug-likeness (QED) is 0.434. The number of benzene rings is 2. The predicted molar refractivity (Wildman–Crippen MR) is 101 cm³/mol.